The predicted molar refractivity (Wildman–Crippen MR) is 423 cm³/mol. The van der Waals surface area contributed by atoms with E-state index in [1.54, 1.807) is 0 Å². The van der Waals surface area contributed by atoms with Crippen LogP contribution in [-0.4, -0.2) is 46.4 Å². The van der Waals surface area contributed by atoms with E-state index in [0.29, 0.717) is 26.4 Å². The van der Waals surface area contributed by atoms with Gasteiger partial charge in [0, 0.05) is 88.7 Å². The van der Waals surface area contributed by atoms with Crippen molar-refractivity contribution in [2.24, 2.45) is 0 Å². The van der Waals surface area contributed by atoms with E-state index in [1.165, 1.54) is 231 Å². The van der Waals surface area contributed by atoms with Crippen molar-refractivity contribution in [1.82, 2.24) is 19.9 Å². The van der Waals surface area contributed by atoms with Gasteiger partial charge in [0.05, 0.1) is 26.4 Å². The molecule has 8 heteroatoms. The quantitative estimate of drug-likeness (QED) is 0.0285. The smallest absolute Gasteiger partial charge is 0.127 e. The maximum atomic E-state index is 6.93. The lowest BCUT2D eigenvalue weighted by Crippen LogP contribution is -2.19. The van der Waals surface area contributed by atoms with Gasteiger partial charge < -0.3 is 38.9 Å². The Labute approximate surface area is 603 Å². The van der Waals surface area contributed by atoms with Crippen LogP contribution >= 0.6 is 0 Å². The predicted octanol–water partition coefficient (Wildman–Crippen LogP) is 23.5. The molecule has 5 heterocycles. The average molecular weight is 1350 g/mol. The molecule has 540 valence electrons. The van der Waals surface area contributed by atoms with Crippen molar-refractivity contribution in [3.8, 4) is 23.0 Å². The lowest BCUT2D eigenvalue weighted by molar-refractivity contribution is 0.303. The third-order valence-corrected chi connectivity index (χ3v) is 20.5. The molecule has 0 unspecified atom stereocenters. The monoisotopic (exact) mass is 1350 g/mol. The second-order valence-electron chi connectivity index (χ2n) is 28.7. The van der Waals surface area contributed by atoms with Crippen LogP contribution in [0.25, 0.3) is 22.3 Å². The zero-order valence-electron chi connectivity index (χ0n) is 62.6. The number of aromatic nitrogens is 4. The zero-order valence-corrected chi connectivity index (χ0v) is 62.6. The largest absolute Gasteiger partial charge is 0.493 e. The summed E-state index contributed by atoms with van der Waals surface area (Å²) in [6.45, 7) is 11.8. The number of para-hydroxylation sites is 4. The highest BCUT2D eigenvalue weighted by Crippen LogP contribution is 2.37. The first-order valence-corrected chi connectivity index (χ1v) is 40.8. The molecular weight excluding hydrogens is 1230 g/mol. The number of unbranched alkanes of at least 4 members (excludes halogenated alkanes) is 36. The topological polar surface area (TPSA) is 100 Å². The summed E-state index contributed by atoms with van der Waals surface area (Å²) in [5, 5.41) is 3.90. The van der Waals surface area contributed by atoms with E-state index in [4.69, 9.17) is 18.9 Å². The molecule has 0 amide bonds. The molecular formula is C92H128N4O4. The first-order chi connectivity index (χ1) is 49.6. The average Bonchev–Trinajstić information content (AvgIpc) is 1.60. The normalized spacial score (nSPS) is 12.3. The van der Waals surface area contributed by atoms with Gasteiger partial charge in [0.15, 0.2) is 0 Å². The summed E-state index contributed by atoms with van der Waals surface area (Å²) in [6, 6.07) is 52.7. The van der Waals surface area contributed by atoms with Gasteiger partial charge in [-0.2, -0.15) is 0 Å². The first kappa shape index (κ1) is 76.9. The molecule has 4 aromatic carbocycles. The Morgan fingerprint density at radius 1 is 0.190 bits per heavy atom. The van der Waals surface area contributed by atoms with Crippen molar-refractivity contribution in [2.75, 3.05) is 26.4 Å². The van der Waals surface area contributed by atoms with Crippen LogP contribution in [0.1, 0.15) is 330 Å². The Bertz CT molecular complexity index is 3330. The Morgan fingerprint density at radius 3 is 0.570 bits per heavy atom. The third-order valence-electron chi connectivity index (χ3n) is 20.5. The molecule has 0 saturated heterocycles. The number of fused-ring (bicyclic) bond motifs is 8. The molecule has 100 heavy (non-hydrogen) atoms. The Hall–Kier alpha value is -7.32. The summed E-state index contributed by atoms with van der Waals surface area (Å²) in [4.78, 5) is 16.4. The van der Waals surface area contributed by atoms with Crippen LogP contribution in [0.4, 0.5) is 0 Å². The van der Waals surface area contributed by atoms with Gasteiger partial charge in [0.1, 0.15) is 23.0 Å². The van der Waals surface area contributed by atoms with Gasteiger partial charge in [-0.15, -0.1) is 0 Å². The molecule has 0 fully saturated rings. The van der Waals surface area contributed by atoms with E-state index >= 15 is 0 Å². The van der Waals surface area contributed by atoms with E-state index in [-0.39, 0.29) is 0 Å². The van der Waals surface area contributed by atoms with Crippen molar-refractivity contribution in [3.63, 3.8) is 0 Å². The summed E-state index contributed by atoms with van der Waals surface area (Å²) in [7, 11) is 0. The van der Waals surface area contributed by atoms with Gasteiger partial charge in [-0.05, 0) is 98.5 Å². The molecule has 0 spiro atoms. The fourth-order valence-corrected chi connectivity index (χ4v) is 14.8. The fourth-order valence-electron chi connectivity index (χ4n) is 14.8. The van der Waals surface area contributed by atoms with Crippen molar-refractivity contribution in [2.45, 2.75) is 285 Å². The number of rotatable bonds is 52. The number of hydrogen-bond acceptors (Lipinski definition) is 4. The minimum absolute atomic E-state index is 0.660. The molecule has 0 aliphatic carbocycles. The highest BCUT2D eigenvalue weighted by molar-refractivity contribution is 5.87. The third kappa shape index (κ3) is 24.5. The number of nitrogens with one attached hydrogen (secondary N) is 4. The Kier molecular flexibility index (Phi) is 35.0. The molecule has 4 aromatic heterocycles. The molecule has 1 aliphatic heterocycles. The van der Waals surface area contributed by atoms with Crippen molar-refractivity contribution in [1.29, 1.82) is 0 Å². The minimum atomic E-state index is 0.660. The minimum Gasteiger partial charge on any atom is -0.493 e. The number of hydrogen-bond donors (Lipinski definition) is 4. The zero-order chi connectivity index (χ0) is 69.3. The van der Waals surface area contributed by atoms with Gasteiger partial charge in [0.25, 0.3) is 0 Å². The van der Waals surface area contributed by atoms with Crippen LogP contribution in [0.2, 0.25) is 0 Å². The molecule has 0 saturated carbocycles. The van der Waals surface area contributed by atoms with Gasteiger partial charge in [0.2, 0.25) is 0 Å². The molecule has 8 aromatic rings. The fraction of sp³-hybridized carbons (Fsp3) is 0.522. The van der Waals surface area contributed by atoms with Crippen molar-refractivity contribution < 1.29 is 18.9 Å². The van der Waals surface area contributed by atoms with Crippen LogP contribution < -0.4 is 40.3 Å². The molecule has 8 bridgehead atoms. The molecule has 0 atom stereocenters. The maximum Gasteiger partial charge on any atom is 0.127 e. The van der Waals surface area contributed by atoms with Crippen LogP contribution in [0, 0.1) is 0 Å². The van der Waals surface area contributed by atoms with Crippen LogP contribution in [0.5, 0.6) is 23.0 Å². The van der Waals surface area contributed by atoms with E-state index in [0.717, 1.165) is 137 Å². The van der Waals surface area contributed by atoms with Gasteiger partial charge >= 0.3 is 0 Å². The maximum absolute atomic E-state index is 6.93. The summed E-state index contributed by atoms with van der Waals surface area (Å²) >= 11 is 0. The van der Waals surface area contributed by atoms with Crippen LogP contribution in [0.15, 0.2) is 146 Å². The summed E-state index contributed by atoms with van der Waals surface area (Å²) in [5.74, 6) is 3.50. The van der Waals surface area contributed by atoms with Gasteiger partial charge in [-0.1, -0.05) is 332 Å². The van der Waals surface area contributed by atoms with E-state index in [9.17, 15) is 0 Å². The molecule has 1 aliphatic rings. The van der Waals surface area contributed by atoms with Crippen LogP contribution in [-0.2, 0) is 0 Å². The van der Waals surface area contributed by atoms with Gasteiger partial charge in [-0.3, -0.25) is 0 Å². The van der Waals surface area contributed by atoms with Gasteiger partial charge in [-0.25, -0.2) is 0 Å². The molecule has 8 nitrogen and oxygen atoms in total. The highest BCUT2D eigenvalue weighted by atomic mass is 16.5. The number of benzene rings is 4. The molecule has 9 rings (SSSR count). The van der Waals surface area contributed by atoms with E-state index in [1.807, 2.05) is 0 Å². The second kappa shape index (κ2) is 45.5. The number of H-pyrrole nitrogens is 4. The van der Waals surface area contributed by atoms with Crippen molar-refractivity contribution >= 4 is 22.3 Å². The van der Waals surface area contributed by atoms with E-state index in [2.05, 4.69) is 193 Å². The summed E-state index contributed by atoms with van der Waals surface area (Å²) in [6.07, 6.45) is 51.2. The Morgan fingerprint density at radius 2 is 0.370 bits per heavy atom. The number of ether oxygens (including phenoxy) is 4. The SMILES string of the molecule is CCCCCCCCCCCCOc1ccccc1C1=c2ccc([nH]2)=C(c2ccccc2OCCCCCCCCCCCC)c2ccc([nH]2)C(c2ccccc2OCCCCCCCCCCCC)=c2ccc([nH]2)=C(c2ccccc2OCCCCCCCCCCCC)c2ccc1[nH]2. The second-order valence-corrected chi connectivity index (χ2v) is 28.7. The lowest BCUT2D eigenvalue weighted by atomic mass is 10.0. The molecule has 4 N–H and O–H groups in total. The number of aromatic amines is 4. The first-order valence-electron chi connectivity index (χ1n) is 40.8. The lowest BCUT2D eigenvalue weighted by Gasteiger charge is -2.16. The standard InChI is InChI=1S/C92H128N4O4/c1-5-9-13-17-21-25-29-33-37-49-69-97-85-57-45-41-53-73(85)89-77-61-63-79(93-77)90(74-54-42-46-58-86(74)98-70-50-38-34-30-26-22-18-14-10-6-2)81-65-67-83(95-81)92(76-56-44-48-60-88(76)100-72-52-40-36-32-28-24-20-16-12-8-4)84-68-66-82(96-84)91(80-64-62-78(89)94-80)75-55-43-47-59-87(75)99-71-51-39-35-31-27-23-19-15-11-7-3/h41-48,53-68,93-96H,5-40,49-52,69-72H2,1-4H3. The van der Waals surface area contributed by atoms with Crippen LogP contribution in [0.3, 0.4) is 0 Å². The van der Waals surface area contributed by atoms with Crippen molar-refractivity contribution in [3.05, 3.63) is 212 Å². The summed E-state index contributed by atoms with van der Waals surface area (Å²) < 4.78 is 27.7. The molecule has 0 radical (unpaired) electrons. The highest BCUT2D eigenvalue weighted by Gasteiger charge is 2.23. The summed E-state index contributed by atoms with van der Waals surface area (Å²) in [5.41, 5.74) is 12.1. The Balaban J connectivity index is 1.13. The van der Waals surface area contributed by atoms with E-state index < -0.39 is 0 Å².